The fraction of sp³-hybridized carbons (Fsp3) is 0.304. The van der Waals surface area contributed by atoms with E-state index in [1.165, 1.54) is 5.69 Å². The minimum atomic E-state index is 0.105. The molecule has 0 unspecified atom stereocenters. The Bertz CT molecular complexity index is 962. The quantitative estimate of drug-likeness (QED) is 0.236. The van der Waals surface area contributed by atoms with Gasteiger partial charge >= 0.3 is 5.16 Å². The van der Waals surface area contributed by atoms with Crippen molar-refractivity contribution in [3.05, 3.63) is 72.8 Å². The summed E-state index contributed by atoms with van der Waals surface area (Å²) in [5.74, 6) is 0.970. The van der Waals surface area contributed by atoms with E-state index in [0.29, 0.717) is 6.54 Å². The van der Waals surface area contributed by atoms with Crippen LogP contribution in [0.25, 0.3) is 0 Å². The van der Waals surface area contributed by atoms with E-state index in [1.807, 2.05) is 77.4 Å². The highest BCUT2D eigenvalue weighted by atomic mass is 32.2. The Morgan fingerprint density at radius 3 is 2.70 bits per heavy atom. The SMILES string of the molecule is CCN(CCSc1nccc[n+]1C)c1ccc(N=Cc2cccc[n+]2CCO)cc1. The molecular weight excluding hydrogens is 394 g/mol. The number of aryl methyl sites for hydroxylation is 1. The first-order valence-corrected chi connectivity index (χ1v) is 11.1. The lowest BCUT2D eigenvalue weighted by molar-refractivity contribution is -0.713. The molecule has 3 aromatic rings. The second-order valence-electron chi connectivity index (χ2n) is 6.76. The number of anilines is 1. The third kappa shape index (κ3) is 6.11. The van der Waals surface area contributed by atoms with E-state index >= 15 is 0 Å². The Kier molecular flexibility index (Phi) is 8.35. The Morgan fingerprint density at radius 2 is 1.97 bits per heavy atom. The van der Waals surface area contributed by atoms with Gasteiger partial charge in [0.2, 0.25) is 5.69 Å². The van der Waals surface area contributed by atoms with Crippen molar-refractivity contribution >= 4 is 29.4 Å². The summed E-state index contributed by atoms with van der Waals surface area (Å²) in [6, 6.07) is 16.2. The van der Waals surface area contributed by atoms with Crippen LogP contribution in [0.15, 0.2) is 77.3 Å². The molecule has 0 radical (unpaired) electrons. The Morgan fingerprint density at radius 1 is 1.13 bits per heavy atom. The van der Waals surface area contributed by atoms with E-state index in [1.54, 1.807) is 11.8 Å². The summed E-state index contributed by atoms with van der Waals surface area (Å²) >= 11 is 1.77. The van der Waals surface area contributed by atoms with Crippen LogP contribution in [0.2, 0.25) is 0 Å². The molecule has 0 atom stereocenters. The van der Waals surface area contributed by atoms with Crippen molar-refractivity contribution in [2.24, 2.45) is 12.0 Å². The first-order chi connectivity index (χ1) is 14.7. The third-order valence-electron chi connectivity index (χ3n) is 4.73. The van der Waals surface area contributed by atoms with E-state index in [0.717, 1.165) is 35.4 Å². The topological polar surface area (TPSA) is 56.5 Å². The monoisotopic (exact) mass is 423 g/mol. The van der Waals surface area contributed by atoms with Gasteiger partial charge in [0.25, 0.3) is 0 Å². The lowest BCUT2D eigenvalue weighted by Gasteiger charge is -2.22. The van der Waals surface area contributed by atoms with Gasteiger partial charge in [-0.2, -0.15) is 4.57 Å². The molecule has 30 heavy (non-hydrogen) atoms. The smallest absolute Gasteiger partial charge is 0.358 e. The van der Waals surface area contributed by atoms with Crippen LogP contribution >= 0.6 is 11.8 Å². The highest BCUT2D eigenvalue weighted by Crippen LogP contribution is 2.21. The summed E-state index contributed by atoms with van der Waals surface area (Å²) in [6.45, 7) is 4.73. The molecule has 2 heterocycles. The lowest BCUT2D eigenvalue weighted by atomic mass is 10.2. The third-order valence-corrected chi connectivity index (χ3v) is 5.77. The van der Waals surface area contributed by atoms with Crippen LogP contribution in [0.1, 0.15) is 12.6 Å². The van der Waals surface area contributed by atoms with Crippen LogP contribution in [0.3, 0.4) is 0 Å². The molecule has 7 heteroatoms. The number of hydrogen-bond acceptors (Lipinski definition) is 5. The average molecular weight is 424 g/mol. The zero-order valence-corrected chi connectivity index (χ0v) is 18.4. The first kappa shape index (κ1) is 21.9. The number of aliphatic hydroxyl groups excluding tert-OH is 1. The molecule has 2 aromatic heterocycles. The van der Waals surface area contributed by atoms with Crippen LogP contribution in [-0.4, -0.2) is 41.8 Å². The largest absolute Gasteiger partial charge is 0.390 e. The van der Waals surface area contributed by atoms with Gasteiger partial charge in [-0.1, -0.05) is 0 Å². The van der Waals surface area contributed by atoms with E-state index < -0.39 is 0 Å². The van der Waals surface area contributed by atoms with Gasteiger partial charge in [-0.05, 0) is 54.0 Å². The van der Waals surface area contributed by atoms with Gasteiger partial charge in [-0.3, -0.25) is 0 Å². The zero-order valence-electron chi connectivity index (χ0n) is 17.6. The number of pyridine rings is 1. The molecule has 1 aromatic carbocycles. The Hall–Kier alpha value is -2.77. The molecule has 0 bridgehead atoms. The predicted molar refractivity (Wildman–Crippen MR) is 121 cm³/mol. The Balaban J connectivity index is 1.60. The van der Waals surface area contributed by atoms with Gasteiger partial charge in [0.15, 0.2) is 12.7 Å². The summed E-state index contributed by atoms with van der Waals surface area (Å²) in [4.78, 5) is 11.4. The van der Waals surface area contributed by atoms with Gasteiger partial charge in [0.05, 0.1) is 25.1 Å². The molecule has 0 saturated carbocycles. The van der Waals surface area contributed by atoms with E-state index in [-0.39, 0.29) is 6.61 Å². The lowest BCUT2D eigenvalue weighted by Crippen LogP contribution is -2.39. The number of hydrogen-bond donors (Lipinski definition) is 1. The summed E-state index contributed by atoms with van der Waals surface area (Å²) in [5, 5.41) is 10.2. The molecule has 3 rings (SSSR count). The zero-order chi connectivity index (χ0) is 21.2. The number of thioether (sulfide) groups is 1. The molecule has 0 spiro atoms. The van der Waals surface area contributed by atoms with Crippen LogP contribution in [0.5, 0.6) is 0 Å². The normalized spacial score (nSPS) is 11.2. The number of aliphatic imine (C=N–C) groups is 1. The molecule has 1 N–H and O–H groups in total. The molecule has 156 valence electrons. The highest BCUT2D eigenvalue weighted by molar-refractivity contribution is 7.99. The second kappa shape index (κ2) is 11.4. The van der Waals surface area contributed by atoms with E-state index in [9.17, 15) is 5.11 Å². The fourth-order valence-electron chi connectivity index (χ4n) is 3.09. The molecule has 0 aliphatic rings. The predicted octanol–water partition coefficient (Wildman–Crippen LogP) is 2.56. The van der Waals surface area contributed by atoms with Crippen molar-refractivity contribution in [3.63, 3.8) is 0 Å². The molecular formula is C23H29N5OS+2. The first-order valence-electron chi connectivity index (χ1n) is 10.1. The van der Waals surface area contributed by atoms with Gasteiger partial charge in [0.1, 0.15) is 12.8 Å². The minimum Gasteiger partial charge on any atom is -0.390 e. The second-order valence-corrected chi connectivity index (χ2v) is 7.82. The molecule has 0 fully saturated rings. The van der Waals surface area contributed by atoms with E-state index in [4.69, 9.17) is 0 Å². The van der Waals surface area contributed by atoms with Crippen molar-refractivity contribution in [3.8, 4) is 0 Å². The molecule has 6 nitrogen and oxygen atoms in total. The standard InChI is InChI=1S/C23H29N5OS/c1-3-27(16-18-30-23-24-12-6-13-26(23)2)21-10-8-20(9-11-21)25-19-22-7-4-5-14-28(22)15-17-29/h4-14,19,29H,3,15-18H2,1-2H3/q+2. The average Bonchev–Trinajstić information content (AvgIpc) is 2.78. The molecule has 0 amide bonds. The Labute approximate surface area is 182 Å². The summed E-state index contributed by atoms with van der Waals surface area (Å²) in [5.41, 5.74) is 3.06. The molecule has 0 aliphatic heterocycles. The summed E-state index contributed by atoms with van der Waals surface area (Å²) in [6.07, 6.45) is 7.64. The van der Waals surface area contributed by atoms with Crippen LogP contribution in [0.4, 0.5) is 11.4 Å². The van der Waals surface area contributed by atoms with Crippen molar-refractivity contribution < 1.29 is 14.2 Å². The highest BCUT2D eigenvalue weighted by Gasteiger charge is 2.11. The minimum absolute atomic E-state index is 0.105. The van der Waals surface area contributed by atoms with Crippen molar-refractivity contribution in [2.75, 3.05) is 30.3 Å². The number of rotatable bonds is 10. The molecule has 0 aliphatic carbocycles. The van der Waals surface area contributed by atoms with Crippen LogP contribution in [-0.2, 0) is 13.6 Å². The summed E-state index contributed by atoms with van der Waals surface area (Å²) < 4.78 is 4.03. The van der Waals surface area contributed by atoms with Gasteiger partial charge in [-0.15, -0.1) is 0 Å². The van der Waals surface area contributed by atoms with Gasteiger partial charge in [0, 0.05) is 42.7 Å². The van der Waals surface area contributed by atoms with Crippen molar-refractivity contribution in [2.45, 2.75) is 18.6 Å². The number of nitrogens with zero attached hydrogens (tertiary/aromatic N) is 5. The van der Waals surface area contributed by atoms with Gasteiger partial charge in [-0.25, -0.2) is 9.56 Å². The molecule has 0 saturated heterocycles. The maximum absolute atomic E-state index is 9.20. The maximum Gasteiger partial charge on any atom is 0.358 e. The maximum atomic E-state index is 9.20. The van der Waals surface area contributed by atoms with Crippen molar-refractivity contribution in [1.82, 2.24) is 4.98 Å². The van der Waals surface area contributed by atoms with Crippen LogP contribution < -0.4 is 14.0 Å². The van der Waals surface area contributed by atoms with Crippen molar-refractivity contribution in [1.29, 1.82) is 0 Å². The summed E-state index contributed by atoms with van der Waals surface area (Å²) in [7, 11) is 2.02. The van der Waals surface area contributed by atoms with Crippen LogP contribution in [0, 0.1) is 0 Å². The van der Waals surface area contributed by atoms with Gasteiger partial charge < -0.3 is 10.0 Å². The fourth-order valence-corrected chi connectivity index (χ4v) is 3.99. The number of benzene rings is 1. The van der Waals surface area contributed by atoms with E-state index in [2.05, 4.69) is 33.9 Å². The number of aliphatic hydroxyl groups is 1. The number of aromatic nitrogens is 3.